The van der Waals surface area contributed by atoms with Crippen molar-refractivity contribution < 1.29 is 32.2 Å². The van der Waals surface area contributed by atoms with Gasteiger partial charge in [-0.05, 0) is 26.2 Å². The van der Waals surface area contributed by atoms with E-state index in [1.165, 1.54) is 0 Å². The fraction of sp³-hybridized carbons (Fsp3) is 0.643. The molecule has 0 aromatic rings. The number of hydrogen-bond donors (Lipinski definition) is 2. The summed E-state index contributed by atoms with van der Waals surface area (Å²) in [6.45, 7) is 6.60. The van der Waals surface area contributed by atoms with Crippen molar-refractivity contribution in [3.63, 3.8) is 0 Å². The van der Waals surface area contributed by atoms with E-state index in [1.807, 2.05) is 0 Å². The van der Waals surface area contributed by atoms with E-state index in [9.17, 15) is 19.5 Å². The number of rotatable bonds is 10. The summed E-state index contributed by atoms with van der Waals surface area (Å²) in [6, 6.07) is 0. The third-order valence-electron chi connectivity index (χ3n) is 3.37. The monoisotopic (exact) mass is 312 g/mol. The summed E-state index contributed by atoms with van der Waals surface area (Å²) in [5.41, 5.74) is -1.12. The summed E-state index contributed by atoms with van der Waals surface area (Å²) >= 11 is 0. The predicted octanol–water partition coefficient (Wildman–Crippen LogP) is 2.07. The van der Waals surface area contributed by atoms with Gasteiger partial charge in [-0.25, -0.2) is 4.79 Å². The van der Waals surface area contributed by atoms with Gasteiger partial charge in [0.25, 0.3) is 0 Å². The first-order valence-corrected chi connectivity index (χ1v) is 6.56. The second-order valence-corrected chi connectivity index (χ2v) is 4.82. The van der Waals surface area contributed by atoms with Crippen molar-refractivity contribution in [2.24, 2.45) is 5.92 Å². The second kappa shape index (κ2) is 10.6. The molecule has 0 aliphatic heterocycles. The van der Waals surface area contributed by atoms with Gasteiger partial charge >= 0.3 is 41.0 Å². The van der Waals surface area contributed by atoms with E-state index in [2.05, 4.69) is 6.58 Å². The van der Waals surface area contributed by atoms with E-state index >= 15 is 0 Å². The standard InChI is InChI=1S/C14H22O6.Mg.2H/c1-4-12(17)20-14(3,5-2)10(13(18)19)8-6-7-9-11(15)16;;;/h4,10H,1,5-9H2,2-3H3,(H,15,16)(H,18,19);;;/q;+2;2*-1. The summed E-state index contributed by atoms with van der Waals surface area (Å²) in [5.74, 6) is -3.49. The van der Waals surface area contributed by atoms with Crippen LogP contribution in [-0.2, 0) is 19.1 Å². The smallest absolute Gasteiger partial charge is 1.00 e. The van der Waals surface area contributed by atoms with Crippen LogP contribution >= 0.6 is 0 Å². The molecular weight excluding hydrogens is 288 g/mol. The molecule has 0 bridgehead atoms. The fourth-order valence-corrected chi connectivity index (χ4v) is 1.98. The minimum Gasteiger partial charge on any atom is -1.00 e. The molecule has 0 rings (SSSR count). The van der Waals surface area contributed by atoms with Gasteiger partial charge in [0.2, 0.25) is 0 Å². The van der Waals surface area contributed by atoms with Crippen LogP contribution in [0.1, 0.15) is 48.8 Å². The summed E-state index contributed by atoms with van der Waals surface area (Å²) in [7, 11) is 0. The Hall–Kier alpha value is -1.08. The van der Waals surface area contributed by atoms with Crippen molar-refractivity contribution in [1.82, 2.24) is 0 Å². The van der Waals surface area contributed by atoms with Gasteiger partial charge < -0.3 is 17.8 Å². The minimum absolute atomic E-state index is 0. The Balaban J connectivity index is -0.000000602. The first-order valence-electron chi connectivity index (χ1n) is 6.56. The number of carboxylic acid groups (broad SMARTS) is 2. The first-order chi connectivity index (χ1) is 9.26. The van der Waals surface area contributed by atoms with Crippen molar-refractivity contribution in [2.45, 2.75) is 51.6 Å². The van der Waals surface area contributed by atoms with E-state index in [-0.39, 0.29) is 38.7 Å². The topological polar surface area (TPSA) is 101 Å². The molecule has 0 aliphatic carbocycles. The molecule has 0 aromatic carbocycles. The van der Waals surface area contributed by atoms with Gasteiger partial charge in [-0.1, -0.05) is 19.9 Å². The molecule has 2 atom stereocenters. The SMILES string of the molecule is C=CC(=O)OC(C)(CC)C(CCCCC(=O)O)C(=O)O.[H-].[H-].[Mg+2]. The maximum absolute atomic E-state index is 11.4. The molecule has 0 aliphatic rings. The van der Waals surface area contributed by atoms with Crippen LogP contribution in [0.4, 0.5) is 0 Å². The Morgan fingerprint density at radius 2 is 1.90 bits per heavy atom. The number of unbranched alkanes of at least 4 members (excludes halogenated alkanes) is 1. The molecule has 6 nitrogen and oxygen atoms in total. The maximum Gasteiger partial charge on any atom is 2.00 e. The van der Waals surface area contributed by atoms with E-state index in [0.717, 1.165) is 6.08 Å². The number of carbonyl (C=O) groups is 3. The van der Waals surface area contributed by atoms with Crippen molar-refractivity contribution in [3.8, 4) is 0 Å². The molecule has 0 saturated carbocycles. The summed E-state index contributed by atoms with van der Waals surface area (Å²) in [6.07, 6.45) is 2.46. The predicted molar refractivity (Wildman–Crippen MR) is 80.2 cm³/mol. The normalized spacial score (nSPS) is 14.2. The number of esters is 1. The van der Waals surface area contributed by atoms with Crippen LogP contribution in [0, 0.1) is 5.92 Å². The third-order valence-corrected chi connectivity index (χ3v) is 3.37. The number of aliphatic carboxylic acids is 2. The number of hydrogen-bond acceptors (Lipinski definition) is 4. The van der Waals surface area contributed by atoms with Crippen LogP contribution in [0.25, 0.3) is 0 Å². The van der Waals surface area contributed by atoms with Gasteiger partial charge in [-0.2, -0.15) is 0 Å². The van der Waals surface area contributed by atoms with E-state index in [1.54, 1.807) is 13.8 Å². The van der Waals surface area contributed by atoms with E-state index in [0.29, 0.717) is 19.3 Å². The van der Waals surface area contributed by atoms with Crippen LogP contribution in [0.2, 0.25) is 0 Å². The summed E-state index contributed by atoms with van der Waals surface area (Å²) in [4.78, 5) is 33.1. The molecular formula is C14H24MgO6. The molecule has 0 fully saturated rings. The molecule has 2 N–H and O–H groups in total. The Morgan fingerprint density at radius 1 is 1.33 bits per heavy atom. The van der Waals surface area contributed by atoms with Crippen LogP contribution in [0.15, 0.2) is 12.7 Å². The number of carbonyl (C=O) groups excluding carboxylic acids is 1. The van der Waals surface area contributed by atoms with Gasteiger partial charge in [-0.3, -0.25) is 9.59 Å². The molecule has 0 saturated heterocycles. The van der Waals surface area contributed by atoms with Crippen LogP contribution < -0.4 is 0 Å². The average molecular weight is 313 g/mol. The van der Waals surface area contributed by atoms with Crippen molar-refractivity contribution in [1.29, 1.82) is 0 Å². The Labute approximate surface area is 143 Å². The zero-order chi connectivity index (χ0) is 15.8. The largest absolute Gasteiger partial charge is 2.00 e. The van der Waals surface area contributed by atoms with Crippen molar-refractivity contribution in [2.75, 3.05) is 0 Å². The first kappa shape index (κ1) is 22.2. The van der Waals surface area contributed by atoms with Gasteiger partial charge in [0.1, 0.15) is 5.60 Å². The minimum atomic E-state index is -1.12. The average Bonchev–Trinajstić information content (AvgIpc) is 2.37. The Bertz CT molecular complexity index is 391. The quantitative estimate of drug-likeness (QED) is 0.277. The van der Waals surface area contributed by atoms with Crippen LogP contribution in [-0.4, -0.2) is 56.8 Å². The number of carboxylic acids is 2. The molecule has 7 heteroatoms. The van der Waals surface area contributed by atoms with Crippen LogP contribution in [0.3, 0.4) is 0 Å². The zero-order valence-corrected chi connectivity index (χ0v) is 14.0. The van der Waals surface area contributed by atoms with Gasteiger partial charge in [0.05, 0.1) is 5.92 Å². The fourth-order valence-electron chi connectivity index (χ4n) is 1.98. The Morgan fingerprint density at radius 3 is 2.29 bits per heavy atom. The molecule has 0 amide bonds. The van der Waals surface area contributed by atoms with Gasteiger partial charge in [-0.15, -0.1) is 0 Å². The molecule has 2 unspecified atom stereocenters. The number of ether oxygens (including phenoxy) is 1. The Kier molecular flexibility index (Phi) is 11.2. The zero-order valence-electron chi connectivity index (χ0n) is 14.6. The molecule has 0 aromatic heterocycles. The molecule has 118 valence electrons. The van der Waals surface area contributed by atoms with E-state index < -0.39 is 29.4 Å². The van der Waals surface area contributed by atoms with Crippen molar-refractivity contribution >= 4 is 41.0 Å². The van der Waals surface area contributed by atoms with E-state index in [4.69, 9.17) is 9.84 Å². The second-order valence-electron chi connectivity index (χ2n) is 4.82. The van der Waals surface area contributed by atoms with Gasteiger partial charge in [0.15, 0.2) is 0 Å². The van der Waals surface area contributed by atoms with Crippen LogP contribution in [0.5, 0.6) is 0 Å². The molecule has 21 heavy (non-hydrogen) atoms. The molecule has 0 radical (unpaired) electrons. The summed E-state index contributed by atoms with van der Waals surface area (Å²) in [5, 5.41) is 17.8. The molecule has 0 heterocycles. The van der Waals surface area contributed by atoms with Gasteiger partial charge in [0, 0.05) is 12.5 Å². The molecule has 0 spiro atoms. The van der Waals surface area contributed by atoms with Crippen molar-refractivity contribution in [3.05, 3.63) is 12.7 Å². The summed E-state index contributed by atoms with van der Waals surface area (Å²) < 4.78 is 5.18. The maximum atomic E-state index is 11.4. The third kappa shape index (κ3) is 8.06.